The van der Waals surface area contributed by atoms with Crippen molar-refractivity contribution in [2.75, 3.05) is 6.54 Å². The normalized spacial score (nSPS) is 15.3. The Morgan fingerprint density at radius 2 is 0.881 bits per heavy atom. The summed E-state index contributed by atoms with van der Waals surface area (Å²) in [7, 11) is 0. The summed E-state index contributed by atoms with van der Waals surface area (Å²) < 4.78 is -0.466. The molecule has 0 aliphatic rings. The van der Waals surface area contributed by atoms with Gasteiger partial charge in [0.05, 0.1) is 12.5 Å². The van der Waals surface area contributed by atoms with Gasteiger partial charge in [-0.3, -0.25) is 4.48 Å². The topological polar surface area (TPSA) is 115 Å². The zero-order valence-corrected chi connectivity index (χ0v) is 27.6. The Morgan fingerprint density at radius 3 is 1.19 bits per heavy atom. The SMILES string of the molecule is CCCCCC/C=C/CCCCCCCCCCCCCCC[N+](C(CC)C(=O)[O-])(C(CC)C(=O)O)C(CC)C(=O)O. The summed E-state index contributed by atoms with van der Waals surface area (Å²) in [5, 5.41) is 32.2. The van der Waals surface area contributed by atoms with Gasteiger partial charge in [0.25, 0.3) is 0 Å². The fourth-order valence-electron chi connectivity index (χ4n) is 6.78. The van der Waals surface area contributed by atoms with Crippen LogP contribution in [0.4, 0.5) is 0 Å². The van der Waals surface area contributed by atoms with E-state index >= 15 is 0 Å². The highest BCUT2D eigenvalue weighted by Gasteiger charge is 2.53. The molecule has 0 saturated heterocycles. The molecule has 0 rings (SSSR count). The second-order valence-corrected chi connectivity index (χ2v) is 12.2. The summed E-state index contributed by atoms with van der Waals surface area (Å²) in [5.74, 6) is -3.65. The molecule has 3 unspecified atom stereocenters. The number of nitrogens with zero attached hydrogens (tertiary/aromatic N) is 1. The van der Waals surface area contributed by atoms with Gasteiger partial charge in [0.15, 0.2) is 12.1 Å². The third-order valence-corrected chi connectivity index (χ3v) is 9.05. The van der Waals surface area contributed by atoms with Crippen molar-refractivity contribution in [1.29, 1.82) is 0 Å². The number of allylic oxidation sites excluding steroid dienone is 2. The Balaban J connectivity index is 4.35. The third kappa shape index (κ3) is 15.5. The first kappa shape index (κ1) is 40.1. The minimum Gasteiger partial charge on any atom is -0.544 e. The number of hydrogen-bond acceptors (Lipinski definition) is 4. The lowest BCUT2D eigenvalue weighted by Gasteiger charge is -2.51. The molecule has 7 nitrogen and oxygen atoms in total. The molecule has 246 valence electrons. The molecular formula is C35H65NO6. The summed E-state index contributed by atoms with van der Waals surface area (Å²) in [6.07, 6.45) is 28.1. The first-order chi connectivity index (χ1) is 20.2. The Bertz CT molecular complexity index is 682. The maximum Gasteiger partial charge on any atom is 0.362 e. The standard InChI is InChI=1S/C35H65NO6/c1-5-9-10-11-12-13-14-15-16-17-18-19-20-21-22-23-24-25-26-27-28-29-36(30(6-2)33(37)38,31(7-3)34(39)40)32(8-4)35(41)42/h13-14,30-32H,5-12,15-29H2,1-4H3,(H2-,37,38,39,40,41,42)/b14-13+. The molecule has 0 aromatic carbocycles. The molecule has 2 N–H and O–H groups in total. The van der Waals surface area contributed by atoms with E-state index in [2.05, 4.69) is 19.1 Å². The van der Waals surface area contributed by atoms with Crippen LogP contribution in [-0.4, -0.2) is 57.3 Å². The Morgan fingerprint density at radius 1 is 0.548 bits per heavy atom. The highest BCUT2D eigenvalue weighted by Crippen LogP contribution is 2.32. The average Bonchev–Trinajstić information content (AvgIpc) is 2.94. The minimum absolute atomic E-state index is 0.131. The Labute approximate surface area is 257 Å². The van der Waals surface area contributed by atoms with Gasteiger partial charge in [0, 0.05) is 19.3 Å². The Hall–Kier alpha value is -1.89. The molecule has 0 bridgehead atoms. The number of carbonyl (C=O) groups excluding carboxylic acids is 1. The largest absolute Gasteiger partial charge is 0.544 e. The molecule has 7 heteroatoms. The van der Waals surface area contributed by atoms with Crippen LogP contribution in [0.2, 0.25) is 0 Å². The maximum absolute atomic E-state index is 12.3. The van der Waals surface area contributed by atoms with E-state index < -0.39 is 40.5 Å². The number of carboxylic acids is 3. The predicted octanol–water partition coefficient (Wildman–Crippen LogP) is 8.05. The summed E-state index contributed by atoms with van der Waals surface area (Å²) in [6, 6.07) is -3.37. The number of quaternary nitrogens is 1. The van der Waals surface area contributed by atoms with E-state index in [-0.39, 0.29) is 25.8 Å². The molecule has 0 heterocycles. The lowest BCUT2D eigenvalue weighted by molar-refractivity contribution is -0.974. The number of hydrogen-bond donors (Lipinski definition) is 2. The fourth-order valence-corrected chi connectivity index (χ4v) is 6.78. The van der Waals surface area contributed by atoms with Gasteiger partial charge in [-0.15, -0.1) is 0 Å². The van der Waals surface area contributed by atoms with Gasteiger partial charge in [0.2, 0.25) is 0 Å². The number of aliphatic carboxylic acids is 3. The highest BCUT2D eigenvalue weighted by molar-refractivity contribution is 5.77. The summed E-state index contributed by atoms with van der Waals surface area (Å²) in [6.45, 7) is 7.53. The van der Waals surface area contributed by atoms with Crippen molar-refractivity contribution in [3.8, 4) is 0 Å². The molecule has 0 aromatic rings. The molecule has 0 aliphatic heterocycles. The number of carboxylic acid groups (broad SMARTS) is 3. The van der Waals surface area contributed by atoms with Gasteiger partial charge < -0.3 is 20.1 Å². The van der Waals surface area contributed by atoms with Crippen molar-refractivity contribution in [3.05, 3.63) is 12.2 Å². The first-order valence-corrected chi connectivity index (χ1v) is 17.4. The van der Waals surface area contributed by atoms with E-state index in [4.69, 9.17) is 0 Å². The van der Waals surface area contributed by atoms with Crippen molar-refractivity contribution < 1.29 is 34.2 Å². The van der Waals surface area contributed by atoms with Crippen molar-refractivity contribution in [2.45, 2.75) is 187 Å². The van der Waals surface area contributed by atoms with Crippen LogP contribution in [0.15, 0.2) is 12.2 Å². The van der Waals surface area contributed by atoms with Gasteiger partial charge in [-0.2, -0.15) is 0 Å². The number of rotatable bonds is 30. The van der Waals surface area contributed by atoms with Gasteiger partial charge in [-0.1, -0.05) is 123 Å². The van der Waals surface area contributed by atoms with Crippen LogP contribution in [0.1, 0.15) is 169 Å². The number of carbonyl (C=O) groups is 3. The van der Waals surface area contributed by atoms with Crippen molar-refractivity contribution in [2.24, 2.45) is 0 Å². The fraction of sp³-hybridized carbons (Fsp3) is 0.857. The van der Waals surface area contributed by atoms with Crippen LogP contribution in [0.5, 0.6) is 0 Å². The van der Waals surface area contributed by atoms with Gasteiger partial charge in [-0.05, 0) is 38.5 Å². The summed E-state index contributed by atoms with van der Waals surface area (Å²) in [5.41, 5.74) is 0. The molecule has 42 heavy (non-hydrogen) atoms. The van der Waals surface area contributed by atoms with Crippen molar-refractivity contribution in [1.82, 2.24) is 0 Å². The monoisotopic (exact) mass is 595 g/mol. The van der Waals surface area contributed by atoms with Crippen LogP contribution in [0.3, 0.4) is 0 Å². The second-order valence-electron chi connectivity index (χ2n) is 12.2. The quantitative estimate of drug-likeness (QED) is 0.0493. The molecule has 0 radical (unpaired) electrons. The van der Waals surface area contributed by atoms with Crippen LogP contribution in [-0.2, 0) is 14.4 Å². The van der Waals surface area contributed by atoms with E-state index in [1.165, 1.54) is 96.3 Å². The minimum atomic E-state index is -1.36. The smallest absolute Gasteiger partial charge is 0.362 e. The highest BCUT2D eigenvalue weighted by atomic mass is 16.4. The van der Waals surface area contributed by atoms with Crippen LogP contribution in [0, 0.1) is 0 Å². The van der Waals surface area contributed by atoms with Crippen molar-refractivity contribution in [3.63, 3.8) is 0 Å². The van der Waals surface area contributed by atoms with Crippen LogP contribution in [0.25, 0.3) is 0 Å². The van der Waals surface area contributed by atoms with E-state index in [1.807, 2.05) is 0 Å². The molecule has 0 aliphatic carbocycles. The lowest BCUT2D eigenvalue weighted by atomic mass is 9.93. The van der Waals surface area contributed by atoms with E-state index in [0.29, 0.717) is 6.42 Å². The van der Waals surface area contributed by atoms with Gasteiger partial charge in [0.1, 0.15) is 6.04 Å². The van der Waals surface area contributed by atoms with E-state index in [0.717, 1.165) is 19.3 Å². The second kappa shape index (κ2) is 25.6. The maximum atomic E-state index is 12.3. The molecule has 0 saturated carbocycles. The molecule has 0 aromatic heterocycles. The van der Waals surface area contributed by atoms with Gasteiger partial charge in [-0.25, -0.2) is 9.59 Å². The molecule has 0 amide bonds. The third-order valence-electron chi connectivity index (χ3n) is 9.05. The molecule has 0 spiro atoms. The zero-order valence-electron chi connectivity index (χ0n) is 27.6. The predicted molar refractivity (Wildman–Crippen MR) is 170 cm³/mol. The zero-order chi connectivity index (χ0) is 31.6. The number of unbranched alkanes of at least 4 members (excludes halogenated alkanes) is 17. The summed E-state index contributed by atoms with van der Waals surface area (Å²) >= 11 is 0. The van der Waals surface area contributed by atoms with Crippen molar-refractivity contribution >= 4 is 17.9 Å². The first-order valence-electron chi connectivity index (χ1n) is 17.4. The molecular weight excluding hydrogens is 530 g/mol. The Kier molecular flexibility index (Phi) is 24.4. The molecule has 3 atom stereocenters. The summed E-state index contributed by atoms with van der Waals surface area (Å²) in [4.78, 5) is 36.7. The lowest BCUT2D eigenvalue weighted by Crippen LogP contribution is -2.73. The van der Waals surface area contributed by atoms with Crippen LogP contribution < -0.4 is 5.11 Å². The van der Waals surface area contributed by atoms with E-state index in [9.17, 15) is 29.7 Å². The average molecular weight is 596 g/mol. The van der Waals surface area contributed by atoms with E-state index in [1.54, 1.807) is 20.8 Å². The van der Waals surface area contributed by atoms with Crippen LogP contribution >= 0.6 is 0 Å². The van der Waals surface area contributed by atoms with Gasteiger partial charge >= 0.3 is 11.9 Å². The molecule has 0 fully saturated rings.